The molecule has 0 aromatic heterocycles. The molecule has 0 saturated heterocycles. The highest BCUT2D eigenvalue weighted by Crippen LogP contribution is 2.05. The van der Waals surface area contributed by atoms with E-state index in [-0.39, 0.29) is 13.2 Å². The van der Waals surface area contributed by atoms with Crippen molar-refractivity contribution in [3.63, 3.8) is 0 Å². The van der Waals surface area contributed by atoms with Gasteiger partial charge in [0.15, 0.2) is 0 Å². The molecule has 0 saturated carbocycles. The maximum absolute atomic E-state index is 11.4. The lowest BCUT2D eigenvalue weighted by molar-refractivity contribution is 0.0357. The summed E-state index contributed by atoms with van der Waals surface area (Å²) in [7, 11) is 0. The Balaban J connectivity index is 0.000000326. The van der Waals surface area contributed by atoms with Crippen LogP contribution < -0.4 is 5.32 Å². The Morgan fingerprint density at radius 1 is 0.793 bits per heavy atom. The van der Waals surface area contributed by atoms with Crippen molar-refractivity contribution < 1.29 is 34.4 Å². The molecule has 2 aromatic carbocycles. The molecule has 1 amide bonds. The van der Waals surface area contributed by atoms with Gasteiger partial charge in [-0.25, -0.2) is 9.59 Å². The van der Waals surface area contributed by atoms with Crippen LogP contribution in [0.3, 0.4) is 0 Å². The number of aliphatic hydroxyl groups is 3. The predicted molar refractivity (Wildman–Crippen MR) is 106 cm³/mol. The van der Waals surface area contributed by atoms with Crippen molar-refractivity contribution in [2.75, 3.05) is 19.8 Å². The first-order valence-corrected chi connectivity index (χ1v) is 9.00. The smallest absolute Gasteiger partial charge is 0.408 e. The van der Waals surface area contributed by atoms with E-state index >= 15 is 0 Å². The number of alkyl carbamates (subject to hydrolysis) is 1. The van der Waals surface area contributed by atoms with Crippen LogP contribution >= 0.6 is 11.6 Å². The highest BCUT2D eigenvalue weighted by Gasteiger charge is 2.30. The van der Waals surface area contributed by atoms with Gasteiger partial charge in [0.05, 0.1) is 19.8 Å². The number of amides is 1. The second-order valence-electron chi connectivity index (χ2n) is 5.95. The summed E-state index contributed by atoms with van der Waals surface area (Å²) in [5.41, 5.74) is -0.487. The van der Waals surface area contributed by atoms with Crippen molar-refractivity contribution in [3.8, 4) is 0 Å². The van der Waals surface area contributed by atoms with Crippen LogP contribution in [0.15, 0.2) is 60.7 Å². The molecule has 0 spiro atoms. The number of rotatable bonds is 8. The molecule has 0 unspecified atom stereocenters. The van der Waals surface area contributed by atoms with Crippen LogP contribution in [0, 0.1) is 0 Å². The first-order valence-electron chi connectivity index (χ1n) is 8.62. The average Bonchev–Trinajstić information content (AvgIpc) is 2.76. The third-order valence-electron chi connectivity index (χ3n) is 3.68. The summed E-state index contributed by atoms with van der Waals surface area (Å²) >= 11 is 4.97. The Morgan fingerprint density at radius 3 is 1.59 bits per heavy atom. The lowest BCUT2D eigenvalue weighted by atomic mass is 10.0. The van der Waals surface area contributed by atoms with E-state index in [1.54, 1.807) is 12.1 Å². The van der Waals surface area contributed by atoms with E-state index in [0.29, 0.717) is 0 Å². The molecule has 0 bridgehead atoms. The highest BCUT2D eigenvalue weighted by molar-refractivity contribution is 6.61. The molecule has 4 N–H and O–H groups in total. The van der Waals surface area contributed by atoms with E-state index in [2.05, 4.69) is 10.1 Å². The van der Waals surface area contributed by atoms with Crippen molar-refractivity contribution in [2.24, 2.45) is 0 Å². The molecule has 8 nitrogen and oxygen atoms in total. The van der Waals surface area contributed by atoms with Gasteiger partial charge in [-0.1, -0.05) is 60.7 Å². The molecule has 2 aromatic rings. The maximum Gasteiger partial charge on any atom is 0.408 e. The number of benzene rings is 2. The van der Waals surface area contributed by atoms with Crippen LogP contribution in [0.1, 0.15) is 11.1 Å². The molecule has 0 fully saturated rings. The molecule has 0 aliphatic heterocycles. The van der Waals surface area contributed by atoms with Gasteiger partial charge in [-0.15, -0.1) is 0 Å². The Morgan fingerprint density at radius 2 is 1.21 bits per heavy atom. The van der Waals surface area contributed by atoms with Crippen molar-refractivity contribution in [3.05, 3.63) is 71.8 Å². The molecule has 0 atom stereocenters. The van der Waals surface area contributed by atoms with Crippen molar-refractivity contribution in [2.45, 2.75) is 18.8 Å². The standard InChI is InChI=1S/C12H17NO5.C8H7ClO2/c14-7-12(8-15,9-16)13-11(17)18-6-10-4-2-1-3-5-10;9-8(10)11-6-7-4-2-1-3-5-7/h1-5,14-16H,6-9H2,(H,13,17);1-5H,6H2. The summed E-state index contributed by atoms with van der Waals surface area (Å²) in [6, 6.07) is 18.4. The van der Waals surface area contributed by atoms with Crippen LogP contribution in [-0.2, 0) is 22.7 Å². The van der Waals surface area contributed by atoms with E-state index in [4.69, 9.17) is 31.7 Å². The van der Waals surface area contributed by atoms with Gasteiger partial charge < -0.3 is 30.1 Å². The number of hydrogen-bond donors (Lipinski definition) is 4. The predicted octanol–water partition coefficient (Wildman–Crippen LogP) is 2.19. The molecule has 158 valence electrons. The number of nitrogens with one attached hydrogen (secondary N) is 1. The summed E-state index contributed by atoms with van der Waals surface area (Å²) in [5, 5.41) is 29.3. The zero-order valence-corrected chi connectivity index (χ0v) is 16.4. The minimum absolute atomic E-state index is 0.0744. The first-order chi connectivity index (χ1) is 13.9. The fraction of sp³-hybridized carbons (Fsp3) is 0.300. The van der Waals surface area contributed by atoms with E-state index in [1.807, 2.05) is 48.5 Å². The molecule has 29 heavy (non-hydrogen) atoms. The van der Waals surface area contributed by atoms with Gasteiger partial charge >= 0.3 is 11.5 Å². The number of halogens is 1. The Bertz CT molecular complexity index is 716. The fourth-order valence-corrected chi connectivity index (χ4v) is 2.01. The van der Waals surface area contributed by atoms with Crippen LogP contribution in [0.4, 0.5) is 9.59 Å². The third kappa shape index (κ3) is 9.91. The van der Waals surface area contributed by atoms with Crippen LogP contribution in [0.25, 0.3) is 0 Å². The van der Waals surface area contributed by atoms with E-state index < -0.39 is 36.9 Å². The maximum atomic E-state index is 11.4. The van der Waals surface area contributed by atoms with Crippen molar-refractivity contribution in [1.29, 1.82) is 0 Å². The SMILES string of the molecule is O=C(Cl)OCc1ccccc1.O=C(NC(CO)(CO)CO)OCc1ccccc1. The fourth-order valence-electron chi connectivity index (χ4n) is 1.96. The molecule has 0 heterocycles. The number of carbonyl (C=O) groups is 2. The van der Waals surface area contributed by atoms with Gasteiger partial charge in [0.25, 0.3) is 0 Å². The van der Waals surface area contributed by atoms with Gasteiger partial charge in [0.2, 0.25) is 0 Å². The number of aliphatic hydroxyl groups excluding tert-OH is 3. The largest absolute Gasteiger partial charge is 0.449 e. The van der Waals surface area contributed by atoms with Gasteiger partial charge in [-0.05, 0) is 11.1 Å². The van der Waals surface area contributed by atoms with Crippen molar-refractivity contribution >= 4 is 23.1 Å². The molecular weight excluding hydrogens is 402 g/mol. The van der Waals surface area contributed by atoms with Gasteiger partial charge in [0, 0.05) is 11.6 Å². The number of carbonyl (C=O) groups excluding carboxylic acids is 2. The molecule has 2 rings (SSSR count). The van der Waals surface area contributed by atoms with E-state index in [9.17, 15) is 9.59 Å². The van der Waals surface area contributed by atoms with Gasteiger partial charge in [-0.2, -0.15) is 0 Å². The van der Waals surface area contributed by atoms with Crippen LogP contribution in [0.5, 0.6) is 0 Å². The minimum atomic E-state index is -1.46. The van der Waals surface area contributed by atoms with Crippen LogP contribution in [-0.4, -0.2) is 52.2 Å². The lowest BCUT2D eigenvalue weighted by Gasteiger charge is -2.27. The Labute approximate surface area is 173 Å². The zero-order valence-electron chi connectivity index (χ0n) is 15.7. The molecule has 0 aliphatic carbocycles. The second kappa shape index (κ2) is 13.5. The first kappa shape index (κ1) is 24.4. The number of hydrogen-bond acceptors (Lipinski definition) is 7. The Hall–Kier alpha value is -2.65. The molecule has 9 heteroatoms. The average molecular weight is 426 g/mol. The molecular formula is C20H24ClNO7. The van der Waals surface area contributed by atoms with Crippen molar-refractivity contribution in [1.82, 2.24) is 5.32 Å². The minimum Gasteiger partial charge on any atom is -0.449 e. The number of ether oxygens (including phenoxy) is 2. The van der Waals surface area contributed by atoms with E-state index in [1.165, 1.54) is 0 Å². The highest BCUT2D eigenvalue weighted by atomic mass is 35.5. The lowest BCUT2D eigenvalue weighted by Crippen LogP contribution is -2.57. The third-order valence-corrected chi connectivity index (χ3v) is 3.79. The molecule has 0 aliphatic rings. The van der Waals surface area contributed by atoms with Gasteiger partial charge in [0.1, 0.15) is 18.8 Å². The topological polar surface area (TPSA) is 125 Å². The summed E-state index contributed by atoms with van der Waals surface area (Å²) in [4.78, 5) is 21.6. The summed E-state index contributed by atoms with van der Waals surface area (Å²) in [6.07, 6.45) is -0.809. The normalized spacial score (nSPS) is 10.3. The van der Waals surface area contributed by atoms with Crippen LogP contribution in [0.2, 0.25) is 0 Å². The van der Waals surface area contributed by atoms with E-state index in [0.717, 1.165) is 11.1 Å². The monoisotopic (exact) mass is 425 g/mol. The summed E-state index contributed by atoms with van der Waals surface area (Å²) in [5.74, 6) is 0. The Kier molecular flexibility index (Phi) is 11.4. The second-order valence-corrected chi connectivity index (χ2v) is 6.26. The summed E-state index contributed by atoms with van der Waals surface area (Å²) in [6.45, 7) is -1.43. The quantitative estimate of drug-likeness (QED) is 0.477. The van der Waals surface area contributed by atoms with Gasteiger partial charge in [-0.3, -0.25) is 0 Å². The summed E-state index contributed by atoms with van der Waals surface area (Å²) < 4.78 is 9.46. The molecule has 0 radical (unpaired) electrons. The zero-order chi connectivity index (χ0) is 21.5.